The van der Waals surface area contributed by atoms with Crippen molar-refractivity contribution in [2.24, 2.45) is 5.10 Å². The third-order valence-corrected chi connectivity index (χ3v) is 3.98. The average molecular weight is 407 g/mol. The predicted molar refractivity (Wildman–Crippen MR) is 108 cm³/mol. The highest BCUT2D eigenvalue weighted by molar-refractivity contribution is 5.95. The van der Waals surface area contributed by atoms with Crippen LogP contribution in [0.5, 0.6) is 0 Å². The molecule has 0 spiro atoms. The summed E-state index contributed by atoms with van der Waals surface area (Å²) in [6.07, 6.45) is 1.32. The molecule has 1 heterocycles. The van der Waals surface area contributed by atoms with Gasteiger partial charge in [0.2, 0.25) is 0 Å². The molecule has 152 valence electrons. The molecule has 0 radical (unpaired) electrons. The summed E-state index contributed by atoms with van der Waals surface area (Å²) >= 11 is 0. The Morgan fingerprint density at radius 2 is 1.90 bits per heavy atom. The van der Waals surface area contributed by atoms with Gasteiger partial charge in [-0.25, -0.2) is 10.2 Å². The Balaban J connectivity index is 1.64. The monoisotopic (exact) mass is 407 g/mol. The van der Waals surface area contributed by atoms with E-state index in [1.165, 1.54) is 30.5 Å². The number of rotatable bonds is 7. The number of furan rings is 1. The number of nitro groups is 1. The van der Waals surface area contributed by atoms with Crippen molar-refractivity contribution in [2.45, 2.75) is 6.92 Å². The molecule has 9 nitrogen and oxygen atoms in total. The van der Waals surface area contributed by atoms with Gasteiger partial charge in [-0.1, -0.05) is 12.1 Å². The van der Waals surface area contributed by atoms with Crippen molar-refractivity contribution in [1.29, 1.82) is 0 Å². The summed E-state index contributed by atoms with van der Waals surface area (Å²) in [6, 6.07) is 15.4. The number of esters is 1. The minimum Gasteiger partial charge on any atom is -0.462 e. The minimum absolute atomic E-state index is 0.106. The second-order valence-electron chi connectivity index (χ2n) is 6.01. The summed E-state index contributed by atoms with van der Waals surface area (Å²) in [7, 11) is 0. The van der Waals surface area contributed by atoms with Crippen molar-refractivity contribution < 1.29 is 23.7 Å². The first-order chi connectivity index (χ1) is 14.5. The lowest BCUT2D eigenvalue weighted by Crippen LogP contribution is -2.17. The van der Waals surface area contributed by atoms with Crippen LogP contribution in [-0.2, 0) is 4.74 Å². The normalized spacial score (nSPS) is 10.7. The molecule has 3 rings (SSSR count). The highest BCUT2D eigenvalue weighted by atomic mass is 16.6. The number of nitrogens with zero attached hydrogens (tertiary/aromatic N) is 2. The molecule has 0 atom stereocenters. The molecule has 0 aliphatic rings. The maximum absolute atomic E-state index is 12.0. The number of nitrogens with one attached hydrogen (secondary N) is 1. The fraction of sp³-hybridized carbons (Fsp3) is 0.0952. The largest absolute Gasteiger partial charge is 0.462 e. The first-order valence-electron chi connectivity index (χ1n) is 8.93. The van der Waals surface area contributed by atoms with Gasteiger partial charge in [-0.3, -0.25) is 14.9 Å². The number of ether oxygens (including phenoxy) is 1. The lowest BCUT2D eigenvalue weighted by molar-refractivity contribution is -0.384. The van der Waals surface area contributed by atoms with E-state index in [4.69, 9.17) is 9.15 Å². The van der Waals surface area contributed by atoms with Gasteiger partial charge in [0.25, 0.3) is 11.6 Å². The van der Waals surface area contributed by atoms with Gasteiger partial charge in [0.05, 0.1) is 23.3 Å². The molecule has 30 heavy (non-hydrogen) atoms. The van der Waals surface area contributed by atoms with E-state index in [1.54, 1.807) is 43.3 Å². The van der Waals surface area contributed by atoms with Crippen LogP contribution < -0.4 is 5.43 Å². The Bertz CT molecular complexity index is 1100. The van der Waals surface area contributed by atoms with Crippen LogP contribution in [0.25, 0.3) is 11.3 Å². The van der Waals surface area contributed by atoms with Crippen molar-refractivity contribution in [3.8, 4) is 11.3 Å². The fourth-order valence-corrected chi connectivity index (χ4v) is 2.54. The molecular formula is C21H17N3O6. The van der Waals surface area contributed by atoms with E-state index in [0.29, 0.717) is 22.6 Å². The maximum atomic E-state index is 12.0. The standard InChI is InChI=1S/C21H17N3O6/c1-2-29-21(26)16-5-3-4-15(12-16)19-11-10-18(30-19)13-22-23-20(25)14-6-8-17(9-7-14)24(27)28/h3-13H,2H2,1H3,(H,23,25)/b22-13-. The number of carbonyl (C=O) groups is 2. The molecule has 0 aliphatic carbocycles. The van der Waals surface area contributed by atoms with Gasteiger partial charge in [-0.15, -0.1) is 0 Å². The maximum Gasteiger partial charge on any atom is 0.338 e. The summed E-state index contributed by atoms with van der Waals surface area (Å²) in [6.45, 7) is 2.02. The van der Waals surface area contributed by atoms with E-state index in [9.17, 15) is 19.7 Å². The summed E-state index contributed by atoms with van der Waals surface area (Å²) < 4.78 is 10.7. The number of benzene rings is 2. The topological polar surface area (TPSA) is 124 Å². The Hall–Kier alpha value is -4.27. The number of carbonyl (C=O) groups excluding carboxylic acids is 2. The number of hydrazone groups is 1. The van der Waals surface area contributed by atoms with Crippen molar-refractivity contribution in [3.05, 3.63) is 87.7 Å². The van der Waals surface area contributed by atoms with E-state index in [2.05, 4.69) is 10.5 Å². The molecule has 9 heteroatoms. The van der Waals surface area contributed by atoms with Crippen molar-refractivity contribution in [1.82, 2.24) is 5.43 Å². The van der Waals surface area contributed by atoms with E-state index < -0.39 is 16.8 Å². The zero-order valence-corrected chi connectivity index (χ0v) is 15.9. The van der Waals surface area contributed by atoms with Gasteiger partial charge in [0, 0.05) is 23.3 Å². The first kappa shape index (κ1) is 20.5. The van der Waals surface area contributed by atoms with Crippen LogP contribution in [0.4, 0.5) is 5.69 Å². The van der Waals surface area contributed by atoms with Crippen molar-refractivity contribution in [2.75, 3.05) is 6.61 Å². The highest BCUT2D eigenvalue weighted by Crippen LogP contribution is 2.23. The third-order valence-electron chi connectivity index (χ3n) is 3.98. The second-order valence-corrected chi connectivity index (χ2v) is 6.01. The number of hydrogen-bond acceptors (Lipinski definition) is 7. The smallest absolute Gasteiger partial charge is 0.338 e. The van der Waals surface area contributed by atoms with Crippen LogP contribution in [0, 0.1) is 10.1 Å². The van der Waals surface area contributed by atoms with Crippen LogP contribution in [0.3, 0.4) is 0 Å². The number of amides is 1. The molecule has 0 saturated carbocycles. The predicted octanol–water partition coefficient (Wildman–Crippen LogP) is 3.80. The molecule has 0 bridgehead atoms. The van der Waals surface area contributed by atoms with Crippen LogP contribution in [0.15, 0.2) is 70.2 Å². The van der Waals surface area contributed by atoms with Gasteiger partial charge < -0.3 is 9.15 Å². The summed E-state index contributed by atoms with van der Waals surface area (Å²) in [4.78, 5) is 34.0. The zero-order valence-electron chi connectivity index (χ0n) is 15.9. The van der Waals surface area contributed by atoms with E-state index in [1.807, 2.05) is 0 Å². The second kappa shape index (κ2) is 9.28. The van der Waals surface area contributed by atoms with E-state index >= 15 is 0 Å². The molecule has 1 amide bonds. The van der Waals surface area contributed by atoms with Gasteiger partial charge in [0.15, 0.2) is 0 Å². The molecule has 0 saturated heterocycles. The Labute approximate surface area is 171 Å². The Morgan fingerprint density at radius 1 is 1.13 bits per heavy atom. The summed E-state index contributed by atoms with van der Waals surface area (Å²) in [5.41, 5.74) is 3.55. The van der Waals surface area contributed by atoms with Crippen LogP contribution >= 0.6 is 0 Å². The molecule has 0 unspecified atom stereocenters. The van der Waals surface area contributed by atoms with Crippen molar-refractivity contribution in [3.63, 3.8) is 0 Å². The number of non-ortho nitro benzene ring substituents is 1. The van der Waals surface area contributed by atoms with E-state index in [-0.39, 0.29) is 17.9 Å². The molecule has 1 aromatic heterocycles. The first-order valence-corrected chi connectivity index (χ1v) is 8.93. The number of nitro benzene ring substituents is 1. The molecule has 2 aromatic carbocycles. The molecule has 1 N–H and O–H groups in total. The number of hydrogen-bond donors (Lipinski definition) is 1. The average Bonchev–Trinajstić information content (AvgIpc) is 3.23. The Kier molecular flexibility index (Phi) is 6.33. The summed E-state index contributed by atoms with van der Waals surface area (Å²) in [5, 5.41) is 14.5. The Morgan fingerprint density at radius 3 is 2.60 bits per heavy atom. The van der Waals surface area contributed by atoms with E-state index in [0.717, 1.165) is 0 Å². The molecule has 0 aliphatic heterocycles. The van der Waals surface area contributed by atoms with Crippen molar-refractivity contribution >= 4 is 23.8 Å². The van der Waals surface area contributed by atoms with Crippen LogP contribution in [-0.4, -0.2) is 29.6 Å². The molecule has 3 aromatic rings. The molecule has 0 fully saturated rings. The quantitative estimate of drug-likeness (QED) is 0.275. The van der Waals surface area contributed by atoms with Gasteiger partial charge in [-0.2, -0.15) is 5.10 Å². The lowest BCUT2D eigenvalue weighted by atomic mass is 10.1. The minimum atomic E-state index is -0.545. The third kappa shape index (κ3) is 4.96. The van der Waals surface area contributed by atoms with Crippen LogP contribution in [0.1, 0.15) is 33.4 Å². The fourth-order valence-electron chi connectivity index (χ4n) is 2.54. The van der Waals surface area contributed by atoms with Gasteiger partial charge in [0.1, 0.15) is 11.5 Å². The molecular weight excluding hydrogens is 390 g/mol. The summed E-state index contributed by atoms with van der Waals surface area (Å²) in [5.74, 6) is -0.0310. The lowest BCUT2D eigenvalue weighted by Gasteiger charge is -2.03. The van der Waals surface area contributed by atoms with Gasteiger partial charge >= 0.3 is 5.97 Å². The SMILES string of the molecule is CCOC(=O)c1cccc(-c2ccc(/C=N\NC(=O)c3ccc([N+](=O)[O-])cc3)o2)c1. The highest BCUT2D eigenvalue weighted by Gasteiger charge is 2.11. The zero-order chi connectivity index (χ0) is 21.5. The van der Waals surface area contributed by atoms with Gasteiger partial charge in [-0.05, 0) is 43.3 Å². The van der Waals surface area contributed by atoms with Crippen LogP contribution in [0.2, 0.25) is 0 Å².